The molecule has 1 saturated carbocycles. The van der Waals surface area contributed by atoms with E-state index in [-0.39, 0.29) is 0 Å². The molecule has 0 unspecified atom stereocenters. The van der Waals surface area contributed by atoms with Gasteiger partial charge in [-0.1, -0.05) is 48.9 Å². The van der Waals surface area contributed by atoms with Crippen molar-refractivity contribution in [2.45, 2.75) is 32.1 Å². The largest absolute Gasteiger partial charge is 0.455 e. The van der Waals surface area contributed by atoms with Crippen LogP contribution in [-0.4, -0.2) is 4.57 Å². The molecule has 5 aromatic rings. The lowest BCUT2D eigenvalue weighted by Crippen LogP contribution is -2.10. The Kier molecular flexibility index (Phi) is 4.19. The fourth-order valence-electron chi connectivity index (χ4n) is 5.31. The average Bonchev–Trinajstić information content (AvgIpc) is 3.12. The summed E-state index contributed by atoms with van der Waals surface area (Å²) >= 11 is 0. The van der Waals surface area contributed by atoms with Crippen LogP contribution in [0.2, 0.25) is 0 Å². The molecule has 0 spiro atoms. The maximum absolute atomic E-state index is 6.73. The highest BCUT2D eigenvalue weighted by Crippen LogP contribution is 2.52. The molecule has 1 aliphatic carbocycles. The lowest BCUT2D eigenvalue weighted by atomic mass is 9.79. The molecule has 7 rings (SSSR count). The molecule has 4 aromatic carbocycles. The Bertz CT molecular complexity index is 1590. The van der Waals surface area contributed by atoms with E-state index in [1.165, 1.54) is 24.8 Å². The molecule has 0 N–H and O–H groups in total. The maximum Gasteiger partial charge on any atom is 0.194 e. The molecule has 34 heavy (non-hydrogen) atoms. The molecule has 0 saturated heterocycles. The maximum atomic E-state index is 6.73. The SMILES string of the molecule is Cc1ccccc1Oc1c(C2CCC2)ccc2c3ccc4c(c3n(C)c12)Oc1ccccc1O4. The van der Waals surface area contributed by atoms with Crippen LogP contribution in [-0.2, 0) is 7.05 Å². The summed E-state index contributed by atoms with van der Waals surface area (Å²) in [4.78, 5) is 0. The number of hydrogen-bond acceptors (Lipinski definition) is 3. The number of hydrogen-bond donors (Lipinski definition) is 0. The van der Waals surface area contributed by atoms with Crippen molar-refractivity contribution in [2.75, 3.05) is 0 Å². The van der Waals surface area contributed by atoms with Gasteiger partial charge in [0.05, 0.1) is 11.0 Å². The first kappa shape index (κ1) is 19.5. The van der Waals surface area contributed by atoms with Gasteiger partial charge in [0.1, 0.15) is 5.75 Å². The van der Waals surface area contributed by atoms with E-state index in [2.05, 4.69) is 48.9 Å². The molecule has 2 aliphatic rings. The fraction of sp³-hybridized carbons (Fsp3) is 0.200. The van der Waals surface area contributed by atoms with Crippen LogP contribution >= 0.6 is 0 Å². The van der Waals surface area contributed by atoms with Gasteiger partial charge in [-0.05, 0) is 61.6 Å². The first-order chi connectivity index (χ1) is 16.7. The number of nitrogens with zero attached hydrogens (tertiary/aromatic N) is 1. The topological polar surface area (TPSA) is 32.6 Å². The third-order valence-electron chi connectivity index (χ3n) is 7.35. The molecular formula is C30H25NO3. The molecule has 0 bridgehead atoms. The Labute approximate surface area is 198 Å². The van der Waals surface area contributed by atoms with Crippen molar-refractivity contribution in [3.05, 3.63) is 83.9 Å². The monoisotopic (exact) mass is 447 g/mol. The third-order valence-corrected chi connectivity index (χ3v) is 7.35. The van der Waals surface area contributed by atoms with Gasteiger partial charge >= 0.3 is 0 Å². The Balaban J connectivity index is 1.49. The van der Waals surface area contributed by atoms with Crippen molar-refractivity contribution in [3.8, 4) is 34.5 Å². The Morgan fingerprint density at radius 3 is 2.24 bits per heavy atom. The summed E-state index contributed by atoms with van der Waals surface area (Å²) in [5.74, 6) is 5.36. The predicted octanol–water partition coefficient (Wildman–Crippen LogP) is 8.60. The quantitative estimate of drug-likeness (QED) is 0.272. The van der Waals surface area contributed by atoms with Crippen LogP contribution in [0.15, 0.2) is 72.8 Å². The van der Waals surface area contributed by atoms with Crippen LogP contribution in [0.1, 0.15) is 36.3 Å². The predicted molar refractivity (Wildman–Crippen MR) is 135 cm³/mol. The first-order valence-corrected chi connectivity index (χ1v) is 12.0. The highest BCUT2D eigenvalue weighted by Gasteiger charge is 2.29. The lowest BCUT2D eigenvalue weighted by molar-refractivity contribution is 0.362. The molecule has 0 atom stereocenters. The van der Waals surface area contributed by atoms with E-state index < -0.39 is 0 Å². The van der Waals surface area contributed by atoms with Gasteiger partial charge in [-0.15, -0.1) is 0 Å². The van der Waals surface area contributed by atoms with Crippen LogP contribution in [0, 0.1) is 6.92 Å². The van der Waals surface area contributed by atoms with Crippen molar-refractivity contribution >= 4 is 21.8 Å². The van der Waals surface area contributed by atoms with Gasteiger partial charge in [0.15, 0.2) is 28.7 Å². The Hall–Kier alpha value is -3.92. The molecule has 1 aliphatic heterocycles. The van der Waals surface area contributed by atoms with E-state index in [1.807, 2.05) is 42.5 Å². The minimum absolute atomic E-state index is 0.543. The third kappa shape index (κ3) is 2.78. The molecule has 4 heteroatoms. The van der Waals surface area contributed by atoms with Gasteiger partial charge in [-0.25, -0.2) is 0 Å². The number of para-hydroxylation sites is 3. The summed E-state index contributed by atoms with van der Waals surface area (Å²) in [5.41, 5.74) is 4.54. The van der Waals surface area contributed by atoms with Gasteiger partial charge in [0, 0.05) is 23.4 Å². The van der Waals surface area contributed by atoms with Crippen LogP contribution in [0.5, 0.6) is 34.5 Å². The van der Waals surface area contributed by atoms with Gasteiger partial charge < -0.3 is 18.8 Å². The van der Waals surface area contributed by atoms with Gasteiger partial charge in [-0.3, -0.25) is 0 Å². The smallest absolute Gasteiger partial charge is 0.194 e. The number of fused-ring (bicyclic) bond motifs is 6. The number of ether oxygens (including phenoxy) is 3. The molecule has 168 valence electrons. The first-order valence-electron chi connectivity index (χ1n) is 12.0. The van der Waals surface area contributed by atoms with Crippen LogP contribution in [0.25, 0.3) is 21.8 Å². The highest BCUT2D eigenvalue weighted by molar-refractivity contribution is 6.13. The second-order valence-electron chi connectivity index (χ2n) is 9.37. The number of rotatable bonds is 3. The van der Waals surface area contributed by atoms with Gasteiger partial charge in [0.2, 0.25) is 0 Å². The molecule has 1 aromatic heterocycles. The minimum Gasteiger partial charge on any atom is -0.455 e. The van der Waals surface area contributed by atoms with Crippen molar-refractivity contribution in [2.24, 2.45) is 7.05 Å². The Morgan fingerprint density at radius 1 is 0.765 bits per heavy atom. The summed E-state index contributed by atoms with van der Waals surface area (Å²) in [6, 6.07) is 24.7. The molecule has 0 radical (unpaired) electrons. The summed E-state index contributed by atoms with van der Waals surface area (Å²) in [6.07, 6.45) is 3.70. The minimum atomic E-state index is 0.543. The van der Waals surface area contributed by atoms with E-state index in [0.717, 1.165) is 61.9 Å². The summed E-state index contributed by atoms with van der Waals surface area (Å²) in [6.45, 7) is 2.10. The number of aromatic nitrogens is 1. The lowest BCUT2D eigenvalue weighted by Gasteiger charge is -2.28. The second-order valence-corrected chi connectivity index (χ2v) is 9.37. The second kappa shape index (κ2) is 7.29. The summed E-state index contributed by atoms with van der Waals surface area (Å²) in [7, 11) is 2.10. The van der Waals surface area contributed by atoms with Crippen molar-refractivity contribution < 1.29 is 14.2 Å². The van der Waals surface area contributed by atoms with Crippen molar-refractivity contribution in [1.29, 1.82) is 0 Å². The fourth-order valence-corrected chi connectivity index (χ4v) is 5.31. The highest BCUT2D eigenvalue weighted by atomic mass is 16.6. The van der Waals surface area contributed by atoms with E-state index in [9.17, 15) is 0 Å². The van der Waals surface area contributed by atoms with Crippen molar-refractivity contribution in [3.63, 3.8) is 0 Å². The van der Waals surface area contributed by atoms with Crippen LogP contribution < -0.4 is 14.2 Å². The summed E-state index contributed by atoms with van der Waals surface area (Å²) < 4.78 is 21.5. The van der Waals surface area contributed by atoms with Crippen molar-refractivity contribution in [1.82, 2.24) is 4.57 Å². The molecule has 4 nitrogen and oxygen atoms in total. The zero-order chi connectivity index (χ0) is 22.8. The zero-order valence-corrected chi connectivity index (χ0v) is 19.3. The van der Waals surface area contributed by atoms with E-state index >= 15 is 0 Å². The normalized spacial score (nSPS) is 14.8. The van der Waals surface area contributed by atoms with Gasteiger partial charge in [-0.2, -0.15) is 0 Å². The van der Waals surface area contributed by atoms with Crippen LogP contribution in [0.4, 0.5) is 0 Å². The average molecular weight is 448 g/mol. The van der Waals surface area contributed by atoms with E-state index in [0.29, 0.717) is 5.92 Å². The van der Waals surface area contributed by atoms with Crippen LogP contribution in [0.3, 0.4) is 0 Å². The summed E-state index contributed by atoms with van der Waals surface area (Å²) in [5, 5.41) is 2.29. The molecule has 2 heterocycles. The van der Waals surface area contributed by atoms with Gasteiger partial charge in [0.25, 0.3) is 0 Å². The standard InChI is InChI=1S/C30H25NO3/c1-18-8-3-4-11-23(18)33-29-20(19-9-7-10-19)14-15-21-22-16-17-26-30(28(22)31(2)27(21)29)34-25-13-6-5-12-24(25)32-26/h3-6,8,11-17,19H,7,9-10H2,1-2H3. The molecular weight excluding hydrogens is 422 g/mol. The Morgan fingerprint density at radius 2 is 1.47 bits per heavy atom. The zero-order valence-electron chi connectivity index (χ0n) is 19.3. The number of aryl methyl sites for hydroxylation is 2. The van der Waals surface area contributed by atoms with E-state index in [1.54, 1.807) is 0 Å². The number of benzene rings is 4. The molecule has 0 amide bonds. The van der Waals surface area contributed by atoms with E-state index in [4.69, 9.17) is 14.2 Å². The molecule has 1 fully saturated rings.